The Morgan fingerprint density at radius 3 is 2.50 bits per heavy atom. The summed E-state index contributed by atoms with van der Waals surface area (Å²) in [4.78, 5) is 30.1. The third-order valence-electron chi connectivity index (χ3n) is 6.21. The van der Waals surface area contributed by atoms with E-state index in [9.17, 15) is 18.4 Å². The van der Waals surface area contributed by atoms with E-state index >= 15 is 0 Å². The van der Waals surface area contributed by atoms with Crippen molar-refractivity contribution in [2.45, 2.75) is 37.3 Å². The molecule has 9 heteroatoms. The molecule has 1 unspecified atom stereocenters. The molecule has 1 saturated carbocycles. The number of hydrogen-bond acceptors (Lipinski definition) is 5. The fourth-order valence-corrected chi connectivity index (χ4v) is 4.50. The number of benzene rings is 2. The second-order valence-electron chi connectivity index (χ2n) is 8.21. The van der Waals surface area contributed by atoms with Gasteiger partial charge >= 0.3 is 12.6 Å². The van der Waals surface area contributed by atoms with E-state index < -0.39 is 18.1 Å². The number of guanidine groups is 1. The van der Waals surface area contributed by atoms with Gasteiger partial charge in [-0.3, -0.25) is 14.5 Å². The van der Waals surface area contributed by atoms with Crippen LogP contribution in [0.2, 0.25) is 0 Å². The molecule has 32 heavy (non-hydrogen) atoms. The second kappa shape index (κ2) is 8.22. The van der Waals surface area contributed by atoms with Gasteiger partial charge in [0.05, 0.1) is 0 Å². The molecule has 0 aromatic heterocycles. The van der Waals surface area contributed by atoms with Gasteiger partial charge in [-0.15, -0.1) is 0 Å². The molecule has 7 nitrogen and oxygen atoms in total. The highest BCUT2D eigenvalue weighted by Crippen LogP contribution is 2.46. The number of carboxylic acids is 1. The number of alkyl halides is 2. The Labute approximate surface area is 183 Å². The molecule has 1 heterocycles. The first-order chi connectivity index (χ1) is 15.2. The molecule has 168 valence electrons. The van der Waals surface area contributed by atoms with Gasteiger partial charge < -0.3 is 15.6 Å². The molecule has 4 rings (SSSR count). The maximum atomic E-state index is 13.4. The van der Waals surface area contributed by atoms with E-state index in [1.54, 1.807) is 6.07 Å². The molecule has 2 aromatic rings. The zero-order valence-corrected chi connectivity index (χ0v) is 17.4. The number of nitrogens with two attached hydrogens (primary N) is 1. The highest BCUT2D eigenvalue weighted by Gasteiger charge is 2.49. The van der Waals surface area contributed by atoms with Crippen LogP contribution in [0.15, 0.2) is 53.5 Å². The van der Waals surface area contributed by atoms with E-state index in [0.717, 1.165) is 18.4 Å². The van der Waals surface area contributed by atoms with Crippen molar-refractivity contribution in [3.05, 3.63) is 65.2 Å². The number of aliphatic imine (C=N–C) groups is 1. The average Bonchev–Trinajstić information content (AvgIpc) is 2.95. The van der Waals surface area contributed by atoms with Gasteiger partial charge in [0.25, 0.3) is 5.91 Å². The molecule has 0 radical (unpaired) electrons. The van der Waals surface area contributed by atoms with Gasteiger partial charge in [0.2, 0.25) is 0 Å². The van der Waals surface area contributed by atoms with Crippen LogP contribution in [0.5, 0.6) is 5.75 Å². The Morgan fingerprint density at radius 2 is 1.94 bits per heavy atom. The largest absolute Gasteiger partial charge is 0.481 e. The van der Waals surface area contributed by atoms with E-state index in [1.165, 1.54) is 36.2 Å². The molecule has 1 amide bonds. The lowest BCUT2D eigenvalue weighted by molar-refractivity contribution is -0.139. The third kappa shape index (κ3) is 3.79. The first-order valence-corrected chi connectivity index (χ1v) is 10.2. The highest BCUT2D eigenvalue weighted by molar-refractivity contribution is 6.08. The number of carboxylic acid groups (broad SMARTS) is 1. The number of hydrogen-bond donors (Lipinski definition) is 2. The number of ether oxygens (including phenoxy) is 1. The van der Waals surface area contributed by atoms with Crippen LogP contribution in [0.4, 0.5) is 8.78 Å². The minimum absolute atomic E-state index is 0.0256. The molecular formula is C23H23F2N3O4. The molecule has 0 saturated heterocycles. The predicted octanol–water partition coefficient (Wildman–Crippen LogP) is 3.29. The SMILES string of the molecule is CN1C(=O)C(c2ccc(OC(F)F)cc2)(c2cccc(C3CC(CC(=O)O)C3)c2)N=C1N. The van der Waals surface area contributed by atoms with E-state index in [0.29, 0.717) is 11.1 Å². The van der Waals surface area contributed by atoms with Gasteiger partial charge in [-0.2, -0.15) is 8.78 Å². The lowest BCUT2D eigenvalue weighted by Gasteiger charge is -2.35. The lowest BCUT2D eigenvalue weighted by Crippen LogP contribution is -2.41. The number of aliphatic carboxylic acids is 1. The number of rotatable bonds is 7. The Balaban J connectivity index is 1.70. The third-order valence-corrected chi connectivity index (χ3v) is 6.21. The highest BCUT2D eigenvalue weighted by atomic mass is 19.3. The van der Waals surface area contributed by atoms with Crippen LogP contribution >= 0.6 is 0 Å². The lowest BCUT2D eigenvalue weighted by atomic mass is 9.69. The summed E-state index contributed by atoms with van der Waals surface area (Å²) in [6, 6.07) is 13.3. The Bertz CT molecular complexity index is 1070. The Morgan fingerprint density at radius 1 is 1.25 bits per heavy atom. The molecule has 0 spiro atoms. The topological polar surface area (TPSA) is 105 Å². The van der Waals surface area contributed by atoms with Crippen LogP contribution in [-0.2, 0) is 15.1 Å². The van der Waals surface area contributed by atoms with Crippen LogP contribution in [0.1, 0.15) is 41.9 Å². The normalized spacial score (nSPS) is 24.9. The van der Waals surface area contributed by atoms with Gasteiger partial charge in [0.15, 0.2) is 11.5 Å². The van der Waals surface area contributed by atoms with E-state index in [1.807, 2.05) is 18.2 Å². The summed E-state index contributed by atoms with van der Waals surface area (Å²) in [7, 11) is 1.53. The summed E-state index contributed by atoms with van der Waals surface area (Å²) in [6.45, 7) is -2.95. The van der Waals surface area contributed by atoms with Crippen molar-refractivity contribution in [2.75, 3.05) is 7.05 Å². The zero-order valence-electron chi connectivity index (χ0n) is 17.4. The summed E-state index contributed by atoms with van der Waals surface area (Å²) in [6.07, 6.45) is 1.68. The van der Waals surface area contributed by atoms with Gasteiger partial charge in [-0.05, 0) is 53.5 Å². The molecular weight excluding hydrogens is 420 g/mol. The van der Waals surface area contributed by atoms with Crippen molar-refractivity contribution >= 4 is 17.8 Å². The summed E-state index contributed by atoms with van der Waals surface area (Å²) in [5.74, 6) is -0.781. The first kappa shape index (κ1) is 21.7. The van der Waals surface area contributed by atoms with Crippen LogP contribution in [0, 0.1) is 5.92 Å². The van der Waals surface area contributed by atoms with Gasteiger partial charge in [0, 0.05) is 13.5 Å². The van der Waals surface area contributed by atoms with Crippen molar-refractivity contribution in [3.63, 3.8) is 0 Å². The summed E-state index contributed by atoms with van der Waals surface area (Å²) < 4.78 is 29.5. The Kier molecular flexibility index (Phi) is 5.58. The van der Waals surface area contributed by atoms with Crippen molar-refractivity contribution in [3.8, 4) is 5.75 Å². The smallest absolute Gasteiger partial charge is 0.387 e. The molecule has 2 aromatic carbocycles. The molecule has 1 fully saturated rings. The number of amides is 1. The summed E-state index contributed by atoms with van der Waals surface area (Å²) >= 11 is 0. The monoisotopic (exact) mass is 443 g/mol. The quantitative estimate of drug-likeness (QED) is 0.683. The molecule has 1 aliphatic heterocycles. The maximum Gasteiger partial charge on any atom is 0.387 e. The van der Waals surface area contributed by atoms with E-state index in [-0.39, 0.29) is 35.9 Å². The van der Waals surface area contributed by atoms with E-state index in [4.69, 9.17) is 10.8 Å². The van der Waals surface area contributed by atoms with Crippen LogP contribution in [0.25, 0.3) is 0 Å². The number of nitrogens with zero attached hydrogens (tertiary/aromatic N) is 2. The van der Waals surface area contributed by atoms with Crippen LogP contribution in [0.3, 0.4) is 0 Å². The zero-order chi connectivity index (χ0) is 23.0. The fraction of sp³-hybridized carbons (Fsp3) is 0.348. The predicted molar refractivity (Wildman–Crippen MR) is 112 cm³/mol. The van der Waals surface area contributed by atoms with Crippen molar-refractivity contribution in [1.29, 1.82) is 0 Å². The van der Waals surface area contributed by atoms with Crippen LogP contribution in [-0.4, -0.2) is 41.5 Å². The number of likely N-dealkylation sites (N-methyl/N-ethyl adjacent to an activating group) is 1. The molecule has 1 aliphatic carbocycles. The first-order valence-electron chi connectivity index (χ1n) is 10.2. The summed E-state index contributed by atoms with van der Waals surface area (Å²) in [5.41, 5.74) is 6.63. The average molecular weight is 443 g/mol. The van der Waals surface area contributed by atoms with Gasteiger partial charge in [0.1, 0.15) is 5.75 Å². The minimum atomic E-state index is -2.95. The van der Waals surface area contributed by atoms with Gasteiger partial charge in [-0.1, -0.05) is 36.4 Å². The van der Waals surface area contributed by atoms with E-state index in [2.05, 4.69) is 9.73 Å². The number of halogens is 2. The fourth-order valence-electron chi connectivity index (χ4n) is 4.50. The molecule has 0 bridgehead atoms. The second-order valence-corrected chi connectivity index (χ2v) is 8.21. The van der Waals surface area contributed by atoms with Crippen LogP contribution < -0.4 is 10.5 Å². The maximum absolute atomic E-state index is 13.4. The van der Waals surface area contributed by atoms with Crippen molar-refractivity contribution in [2.24, 2.45) is 16.6 Å². The van der Waals surface area contributed by atoms with Gasteiger partial charge in [-0.25, -0.2) is 4.99 Å². The minimum Gasteiger partial charge on any atom is -0.481 e. The number of carbonyl (C=O) groups is 2. The molecule has 3 N–H and O–H groups in total. The standard InChI is InChI=1S/C23H23F2N3O4/c1-28-20(31)23(27-22(28)26,16-5-7-18(8-6-16)32-21(24)25)17-4-2-3-14(12-17)15-9-13(10-15)11-19(29)30/h2-8,12-13,15,21H,9-11H2,1H3,(H2,26,27)(H,29,30). The molecule has 1 atom stereocenters. The molecule has 2 aliphatic rings. The van der Waals surface area contributed by atoms with Crippen molar-refractivity contribution in [1.82, 2.24) is 4.90 Å². The summed E-state index contributed by atoms with van der Waals surface area (Å²) in [5, 5.41) is 8.98. The Hall–Kier alpha value is -3.49. The van der Waals surface area contributed by atoms with Crippen molar-refractivity contribution < 1.29 is 28.2 Å². The number of carbonyl (C=O) groups excluding carboxylic acids is 1.